The monoisotopic (exact) mass is 1440 g/mol. The summed E-state index contributed by atoms with van der Waals surface area (Å²) >= 11 is 13.6. The molecule has 0 radical (unpaired) electrons. The number of likely N-dealkylation sites (tertiary alicyclic amines) is 1. The SMILES string of the molecule is COc1ccc(C[C@H]2NC(=O)/C=C/C[C@@H]([C@H](C)[C@@H](OC(=O)CNC(=O)[C@@H]3CCCN3C(=O)CNC(=O)[C@H](CCCNC(N)=O)NC(=O)C(NC(=O)CCOCCOCCOCCOCCN=[N+]=[N-])C(C)C)[C@@H](Cl)c3ccccc3)OC(=O)[C@H](CC(C)C)OC(=O)C(C)(C)CNC2=O)cc1Cl. The van der Waals surface area contributed by atoms with Crippen LogP contribution in [-0.4, -0.2) is 212 Å². The van der Waals surface area contributed by atoms with Crippen molar-refractivity contribution in [3.8, 4) is 5.75 Å². The molecule has 0 saturated carbocycles. The van der Waals surface area contributed by atoms with Gasteiger partial charge in [-0.2, -0.15) is 0 Å². The van der Waals surface area contributed by atoms with E-state index in [1.54, 1.807) is 69.3 Å². The summed E-state index contributed by atoms with van der Waals surface area (Å²) in [5.74, 6) is -8.74. The van der Waals surface area contributed by atoms with Gasteiger partial charge in [0.15, 0.2) is 6.10 Å². The van der Waals surface area contributed by atoms with E-state index in [1.807, 2.05) is 13.8 Å². The maximum atomic E-state index is 14.4. The highest BCUT2D eigenvalue weighted by Gasteiger charge is 2.42. The summed E-state index contributed by atoms with van der Waals surface area (Å²) in [5, 5.41) is 20.8. The Morgan fingerprint density at radius 3 is 2.15 bits per heavy atom. The van der Waals surface area contributed by atoms with E-state index in [0.29, 0.717) is 56.3 Å². The van der Waals surface area contributed by atoms with Gasteiger partial charge in [0, 0.05) is 56.3 Å². The number of methoxy groups -OCH3 is 1. The molecule has 0 bridgehead atoms. The third-order valence-electron chi connectivity index (χ3n) is 16.0. The van der Waals surface area contributed by atoms with Crippen LogP contribution >= 0.6 is 23.2 Å². The standard InChI is InChI=1S/C67H98Cl2N12O19/c1-41(2)35-52-64(90)98-50(19-12-20-53(82)77-48(37-44-21-22-51(93-8)46(68)36-44)61(87)75-40-67(6,7)65(91)99-52)43(5)59(57(69)45-15-10-9-11-16-45)100-56(85)39-74-62(88)49-18-14-26-81(49)55(84)38-73-60(86)47(17-13-24-72-66(70)92)78-63(89)58(42(3)4)79-54(83)23-27-94-29-31-96-33-34-97-32-30-95-28-25-76-80-71/h9-12,15-16,20-22,36,41-43,47-50,52,57-59H,13-14,17-19,23-35,37-40H2,1-8H3,(H,73,86)(H,74,88)(H,75,87)(H,77,82)(H,78,89)(H,79,83)(H3,70,72,92)/b20-12+/t43-,47-,48+,49-,50-,52-,57-,58?,59+/m0/s1. The average Bonchev–Trinajstić information content (AvgIpc) is 1.44. The lowest BCUT2D eigenvalue weighted by atomic mass is 9.90. The summed E-state index contributed by atoms with van der Waals surface area (Å²) in [7, 11) is 1.45. The predicted molar refractivity (Wildman–Crippen MR) is 366 cm³/mol. The highest BCUT2D eigenvalue weighted by molar-refractivity contribution is 6.32. The molecule has 2 heterocycles. The highest BCUT2D eigenvalue weighted by atomic mass is 35.5. The van der Waals surface area contributed by atoms with Gasteiger partial charge in [0.1, 0.15) is 48.7 Å². The van der Waals surface area contributed by atoms with E-state index in [0.717, 1.165) is 6.08 Å². The molecule has 9 N–H and O–H groups in total. The Morgan fingerprint density at radius 2 is 1.52 bits per heavy atom. The second kappa shape index (κ2) is 44.7. The number of hydrogen-bond acceptors (Lipinski definition) is 20. The van der Waals surface area contributed by atoms with Gasteiger partial charge in [-0.05, 0) is 92.7 Å². The molecular formula is C67H98Cl2N12O19. The normalized spacial score (nSPS) is 19.2. The van der Waals surface area contributed by atoms with Crippen LogP contribution in [-0.2, 0) is 87.5 Å². The number of carbonyl (C=O) groups excluding carboxylic acids is 11. The minimum Gasteiger partial charge on any atom is -0.495 e. The number of primary amides is 1. The van der Waals surface area contributed by atoms with Crippen molar-refractivity contribution in [1.29, 1.82) is 0 Å². The molecule has 2 aromatic rings. The average molecular weight is 1450 g/mol. The molecule has 0 spiro atoms. The zero-order valence-electron chi connectivity index (χ0n) is 58.1. The number of azide groups is 1. The van der Waals surface area contributed by atoms with E-state index in [-0.39, 0.29) is 102 Å². The number of benzene rings is 2. The van der Waals surface area contributed by atoms with Crippen LogP contribution in [0.5, 0.6) is 5.75 Å². The second-order valence-electron chi connectivity index (χ2n) is 25.2. The summed E-state index contributed by atoms with van der Waals surface area (Å²) < 4.78 is 45.1. The molecule has 1 fully saturated rings. The lowest BCUT2D eigenvalue weighted by Crippen LogP contribution is -2.56. The van der Waals surface area contributed by atoms with Gasteiger partial charge in [0.25, 0.3) is 0 Å². The third kappa shape index (κ3) is 30.3. The molecule has 2 aliphatic rings. The van der Waals surface area contributed by atoms with Gasteiger partial charge in [0.05, 0.1) is 82.3 Å². The van der Waals surface area contributed by atoms with Crippen LogP contribution in [0, 0.1) is 23.2 Å². The molecule has 9 atom stereocenters. The lowest BCUT2D eigenvalue weighted by Gasteiger charge is -2.34. The van der Waals surface area contributed by atoms with Gasteiger partial charge in [-0.1, -0.05) is 93.8 Å². The number of cyclic esters (lactones) is 2. The van der Waals surface area contributed by atoms with Crippen molar-refractivity contribution >= 4 is 88.5 Å². The van der Waals surface area contributed by atoms with Crippen molar-refractivity contribution in [3.05, 3.63) is 87.3 Å². The Morgan fingerprint density at radius 1 is 0.850 bits per heavy atom. The van der Waals surface area contributed by atoms with Crippen molar-refractivity contribution in [2.45, 2.75) is 148 Å². The fraction of sp³-hybridized carbons (Fsp3) is 0.627. The van der Waals surface area contributed by atoms with Gasteiger partial charge in [0.2, 0.25) is 41.4 Å². The molecule has 33 heteroatoms. The molecule has 1 saturated heterocycles. The first kappa shape index (κ1) is 84.1. The molecule has 9 amide bonds. The first-order valence-corrected chi connectivity index (χ1v) is 34.1. The fourth-order valence-corrected chi connectivity index (χ4v) is 11.1. The Hall–Kier alpha value is -8.32. The topological polar surface area (TPSA) is 424 Å². The van der Waals surface area contributed by atoms with E-state index >= 15 is 0 Å². The van der Waals surface area contributed by atoms with E-state index in [4.69, 9.17) is 72.4 Å². The largest absolute Gasteiger partial charge is 0.495 e. The van der Waals surface area contributed by atoms with Crippen LogP contribution < -0.4 is 47.7 Å². The zero-order chi connectivity index (χ0) is 73.7. The molecule has 31 nitrogen and oxygen atoms in total. The number of esters is 3. The minimum absolute atomic E-state index is 0.0137. The zero-order valence-corrected chi connectivity index (χ0v) is 59.6. The van der Waals surface area contributed by atoms with Crippen molar-refractivity contribution in [3.63, 3.8) is 0 Å². The fourth-order valence-electron chi connectivity index (χ4n) is 10.4. The number of nitrogens with two attached hydrogens (primary N) is 1. The number of urea groups is 1. The summed E-state index contributed by atoms with van der Waals surface area (Å²) in [6.07, 6.45) is -1.07. The van der Waals surface area contributed by atoms with Gasteiger partial charge < -0.3 is 85.7 Å². The van der Waals surface area contributed by atoms with Crippen LogP contribution in [0.25, 0.3) is 10.4 Å². The number of nitrogens with zero attached hydrogens (tertiary/aromatic N) is 4. The van der Waals surface area contributed by atoms with E-state index in [1.165, 1.54) is 31.9 Å². The summed E-state index contributed by atoms with van der Waals surface area (Å²) in [6, 6.07) is 7.98. The first-order valence-electron chi connectivity index (χ1n) is 33.3. The van der Waals surface area contributed by atoms with Gasteiger partial charge in [-0.25, -0.2) is 9.59 Å². The van der Waals surface area contributed by atoms with E-state index < -0.39 is 143 Å². The Bertz CT molecular complexity index is 3100. The van der Waals surface area contributed by atoms with Gasteiger partial charge in [-0.15, -0.1) is 11.6 Å². The number of nitrogens with one attached hydrogen (secondary N) is 7. The Balaban J connectivity index is 1.44. The molecule has 0 aliphatic carbocycles. The highest BCUT2D eigenvalue weighted by Crippen LogP contribution is 2.35. The Kier molecular flexibility index (Phi) is 37.6. The number of amides is 9. The molecule has 0 aromatic heterocycles. The Labute approximate surface area is 592 Å². The molecular weight excluding hydrogens is 1350 g/mol. The second-order valence-corrected chi connectivity index (χ2v) is 26.1. The predicted octanol–water partition coefficient (Wildman–Crippen LogP) is 3.94. The van der Waals surface area contributed by atoms with E-state index in [2.05, 4.69) is 47.2 Å². The molecule has 100 heavy (non-hydrogen) atoms. The molecule has 554 valence electrons. The lowest BCUT2D eigenvalue weighted by molar-refractivity contribution is -0.181. The maximum Gasteiger partial charge on any atom is 0.347 e. The number of halogens is 2. The molecule has 1 unspecified atom stereocenters. The maximum absolute atomic E-state index is 14.4. The van der Waals surface area contributed by atoms with Crippen LogP contribution in [0.1, 0.15) is 110 Å². The molecule has 4 rings (SSSR count). The minimum atomic E-state index is -1.45. The number of carbonyl (C=O) groups is 11. The van der Waals surface area contributed by atoms with Crippen LogP contribution in [0.3, 0.4) is 0 Å². The summed E-state index contributed by atoms with van der Waals surface area (Å²) in [6.45, 7) is 12.4. The number of ether oxygens (including phenoxy) is 8. The van der Waals surface area contributed by atoms with Crippen molar-refractivity contribution in [2.24, 2.45) is 34.0 Å². The number of hydrogen-bond donors (Lipinski definition) is 8. The van der Waals surface area contributed by atoms with Crippen molar-refractivity contribution in [1.82, 2.24) is 42.1 Å². The summed E-state index contributed by atoms with van der Waals surface area (Å²) in [5.41, 5.74) is 13.2. The number of rotatable bonds is 39. The smallest absolute Gasteiger partial charge is 0.347 e. The summed E-state index contributed by atoms with van der Waals surface area (Å²) in [4.78, 5) is 154. The van der Waals surface area contributed by atoms with Crippen molar-refractivity contribution in [2.75, 3.05) is 99.2 Å². The molecule has 2 aromatic carbocycles. The van der Waals surface area contributed by atoms with Gasteiger partial charge >= 0.3 is 23.9 Å². The van der Waals surface area contributed by atoms with E-state index in [9.17, 15) is 52.7 Å². The number of alkyl halides is 1. The van der Waals surface area contributed by atoms with Crippen LogP contribution in [0.2, 0.25) is 5.02 Å². The molecule has 2 aliphatic heterocycles. The first-order chi connectivity index (χ1) is 47.6. The quantitative estimate of drug-likeness (QED) is 0.00893. The van der Waals surface area contributed by atoms with Gasteiger partial charge in [-0.3, -0.25) is 43.2 Å². The third-order valence-corrected chi connectivity index (χ3v) is 16.8. The van der Waals surface area contributed by atoms with Crippen molar-refractivity contribution < 1.29 is 90.6 Å². The van der Waals surface area contributed by atoms with Crippen LogP contribution in [0.4, 0.5) is 4.79 Å². The van der Waals surface area contributed by atoms with Crippen LogP contribution in [0.15, 0.2) is 65.8 Å².